The smallest absolute Gasteiger partial charge is 0.195 e. The summed E-state index contributed by atoms with van der Waals surface area (Å²) in [4.78, 5) is 0. The van der Waals surface area contributed by atoms with Crippen LogP contribution in [-0.2, 0) is 6.42 Å². The maximum Gasteiger partial charge on any atom is 0.195 e. The SMILES string of the molecule is BC(O)(Oc1c(F)cc(F)cc1CC(C)(C)C)C1CC1. The quantitative estimate of drug-likeness (QED) is 0.679. The zero-order valence-electron chi connectivity index (χ0n) is 12.5. The third-order valence-electron chi connectivity index (χ3n) is 3.45. The van der Waals surface area contributed by atoms with Gasteiger partial charge in [-0.05, 0) is 30.7 Å². The third-order valence-corrected chi connectivity index (χ3v) is 3.45. The van der Waals surface area contributed by atoms with Crippen LogP contribution in [0.4, 0.5) is 8.78 Å². The Bertz CT molecular complexity index is 505. The standard InChI is InChI=1S/C15H21BF2O2/c1-14(2,3)8-9-6-11(17)7-12(18)13(9)20-15(16,19)10-4-5-10/h6-7,10,19H,4-5,8,16H2,1-3H3. The molecule has 2 nitrogen and oxygen atoms in total. The molecule has 0 aliphatic heterocycles. The topological polar surface area (TPSA) is 29.5 Å². The first-order valence-corrected chi connectivity index (χ1v) is 6.98. The molecule has 2 rings (SSSR count). The molecule has 110 valence electrons. The van der Waals surface area contributed by atoms with Crippen molar-refractivity contribution >= 4 is 7.85 Å². The molecule has 0 amide bonds. The van der Waals surface area contributed by atoms with Crippen molar-refractivity contribution in [2.45, 2.75) is 45.7 Å². The summed E-state index contributed by atoms with van der Waals surface area (Å²) in [5.74, 6) is -1.39. The van der Waals surface area contributed by atoms with Gasteiger partial charge in [0.05, 0.1) is 0 Å². The molecule has 0 spiro atoms. The van der Waals surface area contributed by atoms with Crippen LogP contribution in [0.5, 0.6) is 5.75 Å². The fraction of sp³-hybridized carbons (Fsp3) is 0.600. The first-order chi connectivity index (χ1) is 9.08. The van der Waals surface area contributed by atoms with Crippen molar-refractivity contribution in [3.8, 4) is 5.75 Å². The van der Waals surface area contributed by atoms with Crippen molar-refractivity contribution in [3.05, 3.63) is 29.3 Å². The molecule has 1 aliphatic carbocycles. The fourth-order valence-electron chi connectivity index (χ4n) is 2.34. The second kappa shape index (κ2) is 5.03. The van der Waals surface area contributed by atoms with Gasteiger partial charge in [-0.1, -0.05) is 20.8 Å². The summed E-state index contributed by atoms with van der Waals surface area (Å²) in [6.45, 7) is 5.95. The lowest BCUT2D eigenvalue weighted by Crippen LogP contribution is -2.39. The van der Waals surface area contributed by atoms with Crippen molar-refractivity contribution in [2.75, 3.05) is 0 Å². The molecule has 0 saturated heterocycles. The van der Waals surface area contributed by atoms with E-state index in [4.69, 9.17) is 4.74 Å². The molecule has 20 heavy (non-hydrogen) atoms. The number of benzene rings is 1. The third kappa shape index (κ3) is 3.72. The average Bonchev–Trinajstić information content (AvgIpc) is 3.04. The molecule has 1 unspecified atom stereocenters. The molecule has 1 aliphatic rings. The zero-order chi connectivity index (χ0) is 15.1. The Balaban J connectivity index is 2.34. The van der Waals surface area contributed by atoms with Gasteiger partial charge in [-0.25, -0.2) is 8.78 Å². The predicted octanol–water partition coefficient (Wildman–Crippen LogP) is 2.62. The molecule has 1 atom stereocenters. The van der Waals surface area contributed by atoms with Crippen molar-refractivity contribution < 1.29 is 18.6 Å². The van der Waals surface area contributed by atoms with E-state index in [1.807, 2.05) is 20.8 Å². The van der Waals surface area contributed by atoms with Gasteiger partial charge in [0, 0.05) is 17.5 Å². The summed E-state index contributed by atoms with van der Waals surface area (Å²) in [5.41, 5.74) is -1.08. The van der Waals surface area contributed by atoms with E-state index in [0.717, 1.165) is 18.9 Å². The Hall–Kier alpha value is -1.10. The van der Waals surface area contributed by atoms with Crippen molar-refractivity contribution in [1.82, 2.24) is 0 Å². The largest absolute Gasteiger partial charge is 0.468 e. The number of rotatable bonds is 4. The summed E-state index contributed by atoms with van der Waals surface area (Å²) < 4.78 is 33.0. The van der Waals surface area contributed by atoms with Gasteiger partial charge >= 0.3 is 0 Å². The van der Waals surface area contributed by atoms with Crippen LogP contribution in [0, 0.1) is 23.0 Å². The second-order valence-corrected chi connectivity index (χ2v) is 7.04. The van der Waals surface area contributed by atoms with Crippen molar-refractivity contribution in [2.24, 2.45) is 11.3 Å². The summed E-state index contributed by atoms with van der Waals surface area (Å²) in [5, 5.41) is 10.2. The summed E-state index contributed by atoms with van der Waals surface area (Å²) in [7, 11) is 1.54. The van der Waals surface area contributed by atoms with E-state index in [9.17, 15) is 13.9 Å². The van der Waals surface area contributed by atoms with Crippen molar-refractivity contribution in [1.29, 1.82) is 0 Å². The lowest BCUT2D eigenvalue weighted by atomic mass is 9.86. The molecule has 0 radical (unpaired) electrons. The van der Waals surface area contributed by atoms with Crippen LogP contribution in [0.2, 0.25) is 0 Å². The van der Waals surface area contributed by atoms with E-state index in [2.05, 4.69) is 0 Å². The Morgan fingerprint density at radius 3 is 2.40 bits per heavy atom. The van der Waals surface area contributed by atoms with E-state index in [1.54, 1.807) is 0 Å². The highest BCUT2D eigenvalue weighted by Crippen LogP contribution is 2.41. The molecule has 5 heteroatoms. The van der Waals surface area contributed by atoms with Crippen molar-refractivity contribution in [3.63, 3.8) is 0 Å². The van der Waals surface area contributed by atoms with Gasteiger partial charge in [0.25, 0.3) is 0 Å². The minimum atomic E-state index is -1.40. The highest BCUT2D eigenvalue weighted by atomic mass is 19.1. The molecule has 1 fully saturated rings. The van der Waals surface area contributed by atoms with E-state index >= 15 is 0 Å². The molecule has 1 aromatic carbocycles. The number of ether oxygens (including phenoxy) is 1. The molecular weight excluding hydrogens is 261 g/mol. The van der Waals surface area contributed by atoms with Crippen LogP contribution in [0.15, 0.2) is 12.1 Å². The normalized spacial score (nSPS) is 18.7. The Labute approximate surface area is 119 Å². The molecule has 1 N–H and O–H groups in total. The Morgan fingerprint density at radius 2 is 1.90 bits per heavy atom. The lowest BCUT2D eigenvalue weighted by molar-refractivity contribution is -0.0819. The van der Waals surface area contributed by atoms with E-state index < -0.39 is 17.3 Å². The molecular formula is C15H21BF2O2. The minimum Gasteiger partial charge on any atom is -0.468 e. The van der Waals surface area contributed by atoms with Crippen LogP contribution < -0.4 is 4.74 Å². The van der Waals surface area contributed by atoms with E-state index in [0.29, 0.717) is 12.0 Å². The fourth-order valence-corrected chi connectivity index (χ4v) is 2.34. The predicted molar refractivity (Wildman–Crippen MR) is 76.4 cm³/mol. The van der Waals surface area contributed by atoms with Gasteiger partial charge in [0.1, 0.15) is 5.82 Å². The number of aliphatic hydroxyl groups is 1. The van der Waals surface area contributed by atoms with Gasteiger partial charge in [-0.3, -0.25) is 0 Å². The van der Waals surface area contributed by atoms with Crippen LogP contribution in [0.3, 0.4) is 0 Å². The molecule has 0 bridgehead atoms. The first kappa shape index (κ1) is 15.3. The Morgan fingerprint density at radius 1 is 1.30 bits per heavy atom. The van der Waals surface area contributed by atoms with Gasteiger partial charge in [-0.2, -0.15) is 0 Å². The maximum atomic E-state index is 14.0. The van der Waals surface area contributed by atoms with E-state index in [1.165, 1.54) is 13.9 Å². The maximum absolute atomic E-state index is 14.0. The summed E-state index contributed by atoms with van der Waals surface area (Å²) in [6.07, 6.45) is 2.20. The van der Waals surface area contributed by atoms with Gasteiger partial charge in [0.2, 0.25) is 0 Å². The van der Waals surface area contributed by atoms with Crippen LogP contribution >= 0.6 is 0 Å². The monoisotopic (exact) mass is 282 g/mol. The summed E-state index contributed by atoms with van der Waals surface area (Å²) >= 11 is 0. The first-order valence-electron chi connectivity index (χ1n) is 6.98. The van der Waals surface area contributed by atoms with Gasteiger partial charge < -0.3 is 9.84 Å². The average molecular weight is 282 g/mol. The van der Waals surface area contributed by atoms with Crippen LogP contribution in [-0.4, -0.2) is 18.6 Å². The number of halogens is 2. The van der Waals surface area contributed by atoms with E-state index in [-0.39, 0.29) is 17.1 Å². The molecule has 1 aromatic rings. The Kier molecular flexibility index (Phi) is 3.84. The minimum absolute atomic E-state index is 0.0226. The molecule has 1 saturated carbocycles. The van der Waals surface area contributed by atoms with Crippen LogP contribution in [0.25, 0.3) is 0 Å². The highest BCUT2D eigenvalue weighted by molar-refractivity contribution is 6.13. The zero-order valence-corrected chi connectivity index (χ0v) is 12.5. The molecule has 0 aromatic heterocycles. The summed E-state index contributed by atoms with van der Waals surface area (Å²) in [6, 6.07) is 2.08. The van der Waals surface area contributed by atoms with Crippen LogP contribution in [0.1, 0.15) is 39.2 Å². The lowest BCUT2D eigenvalue weighted by Gasteiger charge is -2.28. The second-order valence-electron chi connectivity index (χ2n) is 7.04. The van der Waals surface area contributed by atoms with Gasteiger partial charge in [0.15, 0.2) is 25.1 Å². The molecule has 0 heterocycles. The highest BCUT2D eigenvalue weighted by Gasteiger charge is 2.42. The number of hydrogen-bond donors (Lipinski definition) is 1. The number of hydrogen-bond acceptors (Lipinski definition) is 2. The van der Waals surface area contributed by atoms with Gasteiger partial charge in [-0.15, -0.1) is 0 Å².